The second-order valence-electron chi connectivity index (χ2n) is 5.14. The Morgan fingerprint density at radius 3 is 2.24 bits per heavy atom. The van der Waals surface area contributed by atoms with E-state index in [1.165, 1.54) is 12.1 Å². The highest BCUT2D eigenvalue weighted by Gasteiger charge is 2.13. The number of aliphatic hydroxyl groups excluding tert-OH is 2. The first-order chi connectivity index (χ1) is 10.2. The number of hydrogen-bond acceptors (Lipinski definition) is 4. The number of nitrogens with one attached hydrogen (secondary N) is 1. The van der Waals surface area contributed by atoms with Gasteiger partial charge in [-0.15, -0.1) is 0 Å². The lowest BCUT2D eigenvalue weighted by Gasteiger charge is -2.25. The minimum absolute atomic E-state index is 0.0869. The molecule has 1 rings (SSSR count). The van der Waals surface area contributed by atoms with Crippen molar-refractivity contribution in [1.29, 1.82) is 0 Å². The van der Waals surface area contributed by atoms with Crippen LogP contribution in [-0.4, -0.2) is 54.5 Å². The van der Waals surface area contributed by atoms with Gasteiger partial charge in [-0.2, -0.15) is 0 Å². The van der Waals surface area contributed by atoms with Gasteiger partial charge in [-0.3, -0.25) is 4.90 Å². The van der Waals surface area contributed by atoms with Crippen LogP contribution in [0.2, 0.25) is 0 Å². The largest absolute Gasteiger partial charge is 0.395 e. The second-order valence-corrected chi connectivity index (χ2v) is 5.14. The van der Waals surface area contributed by atoms with Crippen LogP contribution < -0.4 is 5.32 Å². The number of hydrogen-bond donors (Lipinski definition) is 3. The zero-order valence-corrected chi connectivity index (χ0v) is 12.8. The maximum absolute atomic E-state index is 13.0. The van der Waals surface area contributed by atoms with Crippen molar-refractivity contribution in [2.24, 2.45) is 0 Å². The van der Waals surface area contributed by atoms with Gasteiger partial charge in [0.05, 0.1) is 13.2 Å². The summed E-state index contributed by atoms with van der Waals surface area (Å²) in [6.07, 6.45) is 1.89. The van der Waals surface area contributed by atoms with Crippen molar-refractivity contribution in [1.82, 2.24) is 10.2 Å². The standard InChI is InChI=1S/C16H27FN2O2/c1-2-8-18-16(14-3-5-15(17)6-4-14)7-9-19(10-12-20)11-13-21/h3-6,16,18,20-21H,2,7-13H2,1H3. The van der Waals surface area contributed by atoms with E-state index >= 15 is 0 Å². The Kier molecular flexibility index (Phi) is 9.17. The summed E-state index contributed by atoms with van der Waals surface area (Å²) in [5.41, 5.74) is 1.07. The highest BCUT2D eigenvalue weighted by molar-refractivity contribution is 5.20. The minimum atomic E-state index is -0.227. The summed E-state index contributed by atoms with van der Waals surface area (Å²) < 4.78 is 13.0. The van der Waals surface area contributed by atoms with Gasteiger partial charge in [0.15, 0.2) is 0 Å². The zero-order valence-electron chi connectivity index (χ0n) is 12.8. The average Bonchev–Trinajstić information content (AvgIpc) is 2.49. The first kappa shape index (κ1) is 18.0. The van der Waals surface area contributed by atoms with Crippen molar-refractivity contribution in [3.05, 3.63) is 35.6 Å². The third-order valence-corrected chi connectivity index (χ3v) is 3.48. The van der Waals surface area contributed by atoms with E-state index in [0.29, 0.717) is 13.1 Å². The molecule has 0 aromatic heterocycles. The van der Waals surface area contributed by atoms with E-state index in [0.717, 1.165) is 31.5 Å². The number of aliphatic hydroxyl groups is 2. The van der Waals surface area contributed by atoms with E-state index in [1.807, 2.05) is 17.0 Å². The van der Waals surface area contributed by atoms with E-state index < -0.39 is 0 Å². The Balaban J connectivity index is 2.62. The number of rotatable bonds is 11. The molecule has 21 heavy (non-hydrogen) atoms. The molecule has 0 heterocycles. The molecule has 3 N–H and O–H groups in total. The van der Waals surface area contributed by atoms with Crippen LogP contribution in [0.25, 0.3) is 0 Å². The minimum Gasteiger partial charge on any atom is -0.395 e. The van der Waals surface area contributed by atoms with Gasteiger partial charge in [-0.1, -0.05) is 19.1 Å². The molecule has 0 fully saturated rings. The first-order valence-electron chi connectivity index (χ1n) is 7.64. The summed E-state index contributed by atoms with van der Waals surface area (Å²) >= 11 is 0. The molecule has 5 heteroatoms. The molecular weight excluding hydrogens is 271 g/mol. The maximum atomic E-state index is 13.0. The van der Waals surface area contributed by atoms with Crippen LogP contribution in [-0.2, 0) is 0 Å². The van der Waals surface area contributed by atoms with Crippen LogP contribution in [0.3, 0.4) is 0 Å². The van der Waals surface area contributed by atoms with Gasteiger partial charge >= 0.3 is 0 Å². The summed E-state index contributed by atoms with van der Waals surface area (Å²) in [5, 5.41) is 21.5. The quantitative estimate of drug-likeness (QED) is 0.580. The Hall–Kier alpha value is -1.01. The predicted molar refractivity (Wildman–Crippen MR) is 82.7 cm³/mol. The monoisotopic (exact) mass is 298 g/mol. The number of benzene rings is 1. The van der Waals surface area contributed by atoms with E-state index in [4.69, 9.17) is 10.2 Å². The number of nitrogens with zero attached hydrogens (tertiary/aromatic N) is 1. The highest BCUT2D eigenvalue weighted by Crippen LogP contribution is 2.18. The molecule has 1 aromatic carbocycles. The van der Waals surface area contributed by atoms with Crippen molar-refractivity contribution >= 4 is 0 Å². The molecule has 0 aliphatic rings. The summed E-state index contributed by atoms with van der Waals surface area (Å²) in [6, 6.07) is 6.74. The summed E-state index contributed by atoms with van der Waals surface area (Å²) in [4.78, 5) is 2.03. The fourth-order valence-electron chi connectivity index (χ4n) is 2.33. The van der Waals surface area contributed by atoms with Gasteiger partial charge in [0.2, 0.25) is 0 Å². The first-order valence-corrected chi connectivity index (χ1v) is 7.64. The zero-order chi connectivity index (χ0) is 15.5. The Morgan fingerprint density at radius 2 is 1.71 bits per heavy atom. The summed E-state index contributed by atoms with van der Waals surface area (Å²) in [7, 11) is 0. The van der Waals surface area contributed by atoms with E-state index in [-0.39, 0.29) is 25.1 Å². The fraction of sp³-hybridized carbons (Fsp3) is 0.625. The van der Waals surface area contributed by atoms with Gasteiger partial charge in [0, 0.05) is 25.7 Å². The summed E-state index contributed by atoms with van der Waals surface area (Å²) in [6.45, 7) is 5.09. The average molecular weight is 298 g/mol. The highest BCUT2D eigenvalue weighted by atomic mass is 19.1. The molecule has 1 unspecified atom stereocenters. The van der Waals surface area contributed by atoms with E-state index in [2.05, 4.69) is 12.2 Å². The lowest BCUT2D eigenvalue weighted by atomic mass is 10.0. The summed E-state index contributed by atoms with van der Waals surface area (Å²) in [5.74, 6) is -0.227. The molecule has 0 radical (unpaired) electrons. The molecule has 4 nitrogen and oxygen atoms in total. The molecule has 0 aliphatic heterocycles. The van der Waals surface area contributed by atoms with Crippen LogP contribution in [0.5, 0.6) is 0 Å². The molecular formula is C16H27FN2O2. The van der Waals surface area contributed by atoms with Crippen LogP contribution in [0.4, 0.5) is 4.39 Å². The third kappa shape index (κ3) is 7.00. The molecule has 0 aliphatic carbocycles. The van der Waals surface area contributed by atoms with Crippen molar-refractivity contribution in [3.63, 3.8) is 0 Å². The molecule has 0 saturated carbocycles. The lowest BCUT2D eigenvalue weighted by Crippen LogP contribution is -2.33. The smallest absolute Gasteiger partial charge is 0.123 e. The predicted octanol–water partition coefficient (Wildman–Crippen LogP) is 1.54. The SMILES string of the molecule is CCCNC(CCN(CCO)CCO)c1ccc(F)cc1. The van der Waals surface area contributed by atoms with Crippen molar-refractivity contribution in [2.75, 3.05) is 39.4 Å². The van der Waals surface area contributed by atoms with Gasteiger partial charge < -0.3 is 15.5 Å². The molecule has 0 saturated heterocycles. The topological polar surface area (TPSA) is 55.7 Å². The second kappa shape index (κ2) is 10.7. The third-order valence-electron chi connectivity index (χ3n) is 3.48. The normalized spacial score (nSPS) is 12.8. The van der Waals surface area contributed by atoms with Crippen LogP contribution in [0, 0.1) is 5.82 Å². The lowest BCUT2D eigenvalue weighted by molar-refractivity contribution is 0.156. The molecule has 0 bridgehead atoms. The van der Waals surface area contributed by atoms with Gasteiger partial charge in [0.1, 0.15) is 5.82 Å². The molecule has 1 atom stereocenters. The van der Waals surface area contributed by atoms with Crippen molar-refractivity contribution in [2.45, 2.75) is 25.8 Å². The van der Waals surface area contributed by atoms with E-state index in [1.54, 1.807) is 0 Å². The van der Waals surface area contributed by atoms with Crippen LogP contribution in [0.1, 0.15) is 31.4 Å². The van der Waals surface area contributed by atoms with Crippen LogP contribution >= 0.6 is 0 Å². The fourth-order valence-corrected chi connectivity index (χ4v) is 2.33. The van der Waals surface area contributed by atoms with Crippen molar-refractivity contribution in [3.8, 4) is 0 Å². The van der Waals surface area contributed by atoms with E-state index in [9.17, 15) is 4.39 Å². The van der Waals surface area contributed by atoms with Crippen LogP contribution in [0.15, 0.2) is 24.3 Å². The Morgan fingerprint density at radius 1 is 1.10 bits per heavy atom. The molecule has 120 valence electrons. The number of halogens is 1. The molecule has 1 aromatic rings. The molecule has 0 spiro atoms. The van der Waals surface area contributed by atoms with Gasteiger partial charge in [-0.05, 0) is 37.1 Å². The van der Waals surface area contributed by atoms with Gasteiger partial charge in [-0.25, -0.2) is 4.39 Å². The van der Waals surface area contributed by atoms with Gasteiger partial charge in [0.25, 0.3) is 0 Å². The van der Waals surface area contributed by atoms with Crippen molar-refractivity contribution < 1.29 is 14.6 Å². The Bertz CT molecular complexity index is 367. The molecule has 0 amide bonds. The maximum Gasteiger partial charge on any atom is 0.123 e. The Labute approximate surface area is 126 Å².